The number of amides is 1. The number of nitrogens with one attached hydrogen (secondary N) is 1. The summed E-state index contributed by atoms with van der Waals surface area (Å²) >= 11 is 6.74. The zero-order valence-electron chi connectivity index (χ0n) is 9.83. The minimum absolute atomic E-state index is 0.00950. The molecule has 1 fully saturated rings. The number of carbonyl (C=O) groups excluding carboxylic acids is 1. The molecule has 0 saturated heterocycles. The molecular weight excluding hydrogens is 362 g/mol. The summed E-state index contributed by atoms with van der Waals surface area (Å²) < 4.78 is 0.760. The molecule has 0 aliphatic heterocycles. The fourth-order valence-corrected chi connectivity index (χ4v) is 3.48. The summed E-state index contributed by atoms with van der Waals surface area (Å²) in [7, 11) is 0. The van der Waals surface area contributed by atoms with Gasteiger partial charge in [-0.2, -0.15) is 0 Å². The lowest BCUT2D eigenvalue weighted by molar-refractivity contribution is 0.0927. The second-order valence-corrected chi connectivity index (χ2v) is 6.15. The second-order valence-electron chi connectivity index (χ2n) is 4.59. The van der Waals surface area contributed by atoms with E-state index in [1.165, 1.54) is 6.07 Å². The van der Waals surface area contributed by atoms with Gasteiger partial charge in [-0.25, -0.2) is 0 Å². The number of carbonyl (C=O) groups is 1. The first-order chi connectivity index (χ1) is 8.61. The number of rotatable bonds is 3. The minimum atomic E-state index is -0.196. The fraction of sp³-hybridized carbons (Fsp3) is 0.462. The average Bonchev–Trinajstić information content (AvgIpc) is 2.76. The molecule has 3 nitrogen and oxygen atoms in total. The van der Waals surface area contributed by atoms with E-state index in [9.17, 15) is 9.90 Å². The maximum atomic E-state index is 12.1. The van der Waals surface area contributed by atoms with Crippen LogP contribution in [0.15, 0.2) is 22.7 Å². The Morgan fingerprint density at radius 2 is 2.22 bits per heavy atom. The van der Waals surface area contributed by atoms with Gasteiger partial charge in [0.15, 0.2) is 0 Å². The number of hydrogen-bond acceptors (Lipinski definition) is 2. The molecule has 2 atom stereocenters. The molecule has 0 spiro atoms. The van der Waals surface area contributed by atoms with Gasteiger partial charge in [0.25, 0.3) is 5.91 Å². The number of phenols is 1. The van der Waals surface area contributed by atoms with E-state index in [0.717, 1.165) is 29.1 Å². The van der Waals surface area contributed by atoms with E-state index in [1.807, 2.05) is 0 Å². The van der Waals surface area contributed by atoms with Crippen LogP contribution in [0.4, 0.5) is 0 Å². The summed E-state index contributed by atoms with van der Waals surface area (Å²) in [4.78, 5) is 12.1. The summed E-state index contributed by atoms with van der Waals surface area (Å²) in [6.07, 6.45) is 3.30. The zero-order chi connectivity index (χ0) is 13.1. The monoisotopic (exact) mass is 375 g/mol. The molecule has 1 aromatic carbocycles. The summed E-state index contributed by atoms with van der Waals surface area (Å²) in [5.41, 5.74) is 0.332. The van der Waals surface area contributed by atoms with Gasteiger partial charge in [-0.15, -0.1) is 0 Å². The highest BCUT2D eigenvalue weighted by molar-refractivity contribution is 9.10. The Bertz CT molecular complexity index is 451. The highest BCUT2D eigenvalue weighted by Crippen LogP contribution is 2.28. The van der Waals surface area contributed by atoms with Crippen LogP contribution >= 0.6 is 31.9 Å². The molecular formula is C13H15Br2NO2. The predicted molar refractivity (Wildman–Crippen MR) is 78.2 cm³/mol. The van der Waals surface area contributed by atoms with Crippen molar-refractivity contribution in [2.75, 3.05) is 5.33 Å². The number of halogens is 2. The van der Waals surface area contributed by atoms with E-state index < -0.39 is 0 Å². The van der Waals surface area contributed by atoms with Gasteiger partial charge in [-0.1, -0.05) is 38.3 Å². The molecule has 98 valence electrons. The van der Waals surface area contributed by atoms with Crippen molar-refractivity contribution in [2.24, 2.45) is 5.92 Å². The van der Waals surface area contributed by atoms with Gasteiger partial charge in [-0.05, 0) is 37.0 Å². The largest absolute Gasteiger partial charge is 0.507 e. The molecule has 1 aromatic rings. The van der Waals surface area contributed by atoms with E-state index in [0.29, 0.717) is 11.5 Å². The third-order valence-corrected chi connectivity index (χ3v) is 4.70. The fourth-order valence-electron chi connectivity index (χ4n) is 2.35. The van der Waals surface area contributed by atoms with Crippen LogP contribution in [-0.2, 0) is 0 Å². The van der Waals surface area contributed by atoms with Crippen LogP contribution in [0.3, 0.4) is 0 Å². The summed E-state index contributed by atoms with van der Waals surface area (Å²) in [6.45, 7) is 0. The van der Waals surface area contributed by atoms with Gasteiger partial charge in [0, 0.05) is 15.8 Å². The third-order valence-electron chi connectivity index (χ3n) is 3.38. The molecule has 1 aliphatic carbocycles. The van der Waals surface area contributed by atoms with Crippen molar-refractivity contribution in [2.45, 2.75) is 25.3 Å². The van der Waals surface area contributed by atoms with E-state index in [4.69, 9.17) is 0 Å². The predicted octanol–water partition coefficient (Wildman–Crippen LogP) is 3.45. The van der Waals surface area contributed by atoms with E-state index in [-0.39, 0.29) is 17.7 Å². The number of alkyl halides is 1. The van der Waals surface area contributed by atoms with Crippen molar-refractivity contribution < 1.29 is 9.90 Å². The maximum absolute atomic E-state index is 12.1. The van der Waals surface area contributed by atoms with Crippen LogP contribution in [0.2, 0.25) is 0 Å². The lowest BCUT2D eigenvalue weighted by Gasteiger charge is -2.19. The smallest absolute Gasteiger partial charge is 0.255 e. The first-order valence-corrected chi connectivity index (χ1v) is 7.88. The summed E-state index contributed by atoms with van der Waals surface area (Å²) in [6, 6.07) is 5.13. The highest BCUT2D eigenvalue weighted by atomic mass is 79.9. The summed E-state index contributed by atoms with van der Waals surface area (Å²) in [5, 5.41) is 13.7. The van der Waals surface area contributed by atoms with Crippen molar-refractivity contribution in [1.29, 1.82) is 0 Å². The number of phenolic OH excluding ortho intramolecular Hbond substituents is 1. The lowest BCUT2D eigenvalue weighted by Crippen LogP contribution is -2.37. The Kier molecular flexibility index (Phi) is 4.67. The van der Waals surface area contributed by atoms with Crippen LogP contribution < -0.4 is 5.32 Å². The van der Waals surface area contributed by atoms with Gasteiger partial charge >= 0.3 is 0 Å². The molecule has 0 bridgehead atoms. The Hall–Kier alpha value is -0.550. The van der Waals surface area contributed by atoms with Gasteiger partial charge in [0.1, 0.15) is 5.75 Å². The second kappa shape index (κ2) is 6.06. The van der Waals surface area contributed by atoms with Gasteiger partial charge < -0.3 is 10.4 Å². The Labute approximate surface area is 123 Å². The third kappa shape index (κ3) is 3.06. The molecule has 0 aromatic heterocycles. The van der Waals surface area contributed by atoms with Crippen molar-refractivity contribution in [1.82, 2.24) is 5.32 Å². The van der Waals surface area contributed by atoms with Crippen molar-refractivity contribution in [3.63, 3.8) is 0 Å². The molecule has 1 amide bonds. The number of benzene rings is 1. The van der Waals surface area contributed by atoms with Crippen LogP contribution in [-0.4, -0.2) is 22.4 Å². The Morgan fingerprint density at radius 1 is 1.44 bits per heavy atom. The molecule has 5 heteroatoms. The molecule has 2 N–H and O–H groups in total. The van der Waals surface area contributed by atoms with E-state index in [1.54, 1.807) is 12.1 Å². The van der Waals surface area contributed by atoms with Crippen molar-refractivity contribution >= 4 is 37.8 Å². The molecule has 0 radical (unpaired) electrons. The van der Waals surface area contributed by atoms with E-state index in [2.05, 4.69) is 37.2 Å². The van der Waals surface area contributed by atoms with Gasteiger partial charge in [0.2, 0.25) is 0 Å². The normalized spacial score (nSPS) is 23.0. The lowest BCUT2D eigenvalue weighted by atomic mass is 10.1. The Morgan fingerprint density at radius 3 is 2.89 bits per heavy atom. The van der Waals surface area contributed by atoms with E-state index >= 15 is 0 Å². The van der Waals surface area contributed by atoms with Crippen molar-refractivity contribution in [3.8, 4) is 5.75 Å². The van der Waals surface area contributed by atoms with Crippen LogP contribution in [0.25, 0.3) is 0 Å². The molecule has 2 unspecified atom stereocenters. The number of aromatic hydroxyl groups is 1. The molecule has 0 heterocycles. The number of hydrogen-bond donors (Lipinski definition) is 2. The van der Waals surface area contributed by atoms with Gasteiger partial charge in [0.05, 0.1) is 5.56 Å². The molecule has 1 aliphatic rings. The highest BCUT2D eigenvalue weighted by Gasteiger charge is 2.28. The van der Waals surface area contributed by atoms with Crippen LogP contribution in [0.5, 0.6) is 5.75 Å². The first-order valence-electron chi connectivity index (χ1n) is 5.97. The SMILES string of the molecule is O=C(NC1CCCC1CBr)c1ccc(Br)cc1O. The molecule has 1 saturated carbocycles. The quantitative estimate of drug-likeness (QED) is 0.793. The Balaban J connectivity index is 2.07. The molecule has 2 rings (SSSR count). The van der Waals surface area contributed by atoms with Crippen molar-refractivity contribution in [3.05, 3.63) is 28.2 Å². The maximum Gasteiger partial charge on any atom is 0.255 e. The zero-order valence-corrected chi connectivity index (χ0v) is 13.0. The molecule has 18 heavy (non-hydrogen) atoms. The minimum Gasteiger partial charge on any atom is -0.507 e. The topological polar surface area (TPSA) is 49.3 Å². The average molecular weight is 377 g/mol. The standard InChI is InChI=1S/C13H15Br2NO2/c14-7-8-2-1-3-11(8)16-13(18)10-5-4-9(15)6-12(10)17/h4-6,8,11,17H,1-3,7H2,(H,16,18). The first kappa shape index (κ1) is 13.9. The van der Waals surface area contributed by atoms with Crippen LogP contribution in [0, 0.1) is 5.92 Å². The summed E-state index contributed by atoms with van der Waals surface area (Å²) in [5.74, 6) is 0.305. The van der Waals surface area contributed by atoms with Gasteiger partial charge in [-0.3, -0.25) is 4.79 Å². The van der Waals surface area contributed by atoms with Crippen LogP contribution in [0.1, 0.15) is 29.6 Å².